The molecule has 0 unspecified atom stereocenters. The monoisotopic (exact) mass is 246 g/mol. The molecular formula is C10H12F2N2O3. The molecule has 0 radical (unpaired) electrons. The molecule has 3 N–H and O–H groups in total. The smallest absolute Gasteiger partial charge is 0.265 e. The van der Waals surface area contributed by atoms with Crippen molar-refractivity contribution in [2.75, 3.05) is 14.2 Å². The van der Waals surface area contributed by atoms with Gasteiger partial charge in [-0.15, -0.1) is 0 Å². The van der Waals surface area contributed by atoms with Crippen LogP contribution in [0.5, 0.6) is 0 Å². The molecular weight excluding hydrogens is 234 g/mol. The molecule has 0 spiro atoms. The second kappa shape index (κ2) is 5.67. The second-order valence-corrected chi connectivity index (χ2v) is 3.13. The van der Waals surface area contributed by atoms with E-state index in [0.29, 0.717) is 0 Å². The predicted molar refractivity (Wildman–Crippen MR) is 54.8 cm³/mol. The van der Waals surface area contributed by atoms with E-state index in [1.807, 2.05) is 0 Å². The number of hydrogen-bond donors (Lipinski definition) is 2. The van der Waals surface area contributed by atoms with Gasteiger partial charge in [-0.05, 0) is 12.1 Å². The van der Waals surface area contributed by atoms with Gasteiger partial charge in [0.25, 0.3) is 5.91 Å². The Morgan fingerprint density at radius 2 is 1.76 bits per heavy atom. The Balaban J connectivity index is 3.23. The van der Waals surface area contributed by atoms with Gasteiger partial charge in [-0.2, -0.15) is 0 Å². The number of hydrogen-bond acceptors (Lipinski definition) is 4. The average molecular weight is 246 g/mol. The molecule has 0 aromatic heterocycles. The van der Waals surface area contributed by atoms with Gasteiger partial charge < -0.3 is 9.47 Å². The number of nitrogens with two attached hydrogens (primary N) is 1. The van der Waals surface area contributed by atoms with Crippen LogP contribution >= 0.6 is 0 Å². The second-order valence-electron chi connectivity index (χ2n) is 3.13. The summed E-state index contributed by atoms with van der Waals surface area (Å²) >= 11 is 0. The largest absolute Gasteiger partial charge is 0.351 e. The van der Waals surface area contributed by atoms with Crippen molar-refractivity contribution in [1.82, 2.24) is 5.43 Å². The zero-order chi connectivity index (χ0) is 13.0. The molecule has 7 heteroatoms. The van der Waals surface area contributed by atoms with E-state index in [-0.39, 0.29) is 5.56 Å². The van der Waals surface area contributed by atoms with E-state index in [1.54, 1.807) is 5.43 Å². The molecule has 17 heavy (non-hydrogen) atoms. The van der Waals surface area contributed by atoms with Crippen molar-refractivity contribution in [3.8, 4) is 0 Å². The van der Waals surface area contributed by atoms with Crippen LogP contribution in [0.2, 0.25) is 0 Å². The van der Waals surface area contributed by atoms with Gasteiger partial charge in [-0.1, -0.05) is 0 Å². The van der Waals surface area contributed by atoms with Gasteiger partial charge in [0, 0.05) is 19.8 Å². The van der Waals surface area contributed by atoms with Gasteiger partial charge in [0.05, 0.1) is 5.56 Å². The first kappa shape index (κ1) is 13.5. The van der Waals surface area contributed by atoms with Crippen molar-refractivity contribution in [3.63, 3.8) is 0 Å². The summed E-state index contributed by atoms with van der Waals surface area (Å²) in [5.41, 5.74) is 1.15. The first-order valence-corrected chi connectivity index (χ1v) is 4.60. The number of rotatable bonds is 4. The molecule has 1 rings (SSSR count). The van der Waals surface area contributed by atoms with Crippen molar-refractivity contribution in [2.24, 2.45) is 5.84 Å². The topological polar surface area (TPSA) is 73.6 Å². The number of nitrogens with one attached hydrogen (secondary N) is 1. The van der Waals surface area contributed by atoms with Crippen molar-refractivity contribution < 1.29 is 23.0 Å². The van der Waals surface area contributed by atoms with Crippen LogP contribution in [-0.4, -0.2) is 20.1 Å². The van der Waals surface area contributed by atoms with Crippen LogP contribution in [0.1, 0.15) is 22.2 Å². The minimum atomic E-state index is -1.18. The number of ether oxygens (including phenoxy) is 2. The highest BCUT2D eigenvalue weighted by Crippen LogP contribution is 2.25. The van der Waals surface area contributed by atoms with Gasteiger partial charge in [0.1, 0.15) is 11.6 Å². The van der Waals surface area contributed by atoms with E-state index in [0.717, 1.165) is 12.1 Å². The number of amides is 1. The number of carbonyl (C=O) groups excluding carboxylic acids is 1. The van der Waals surface area contributed by atoms with Crippen molar-refractivity contribution >= 4 is 5.91 Å². The Hall–Kier alpha value is -1.57. The Morgan fingerprint density at radius 3 is 2.12 bits per heavy atom. The van der Waals surface area contributed by atoms with E-state index >= 15 is 0 Å². The number of nitrogen functional groups attached to an aromatic ring is 1. The molecule has 0 fully saturated rings. The molecule has 1 aromatic rings. The Bertz CT molecular complexity index is 399. The lowest BCUT2D eigenvalue weighted by molar-refractivity contribution is -0.109. The fraction of sp³-hybridized carbons (Fsp3) is 0.300. The zero-order valence-electron chi connectivity index (χ0n) is 9.29. The van der Waals surface area contributed by atoms with Crippen molar-refractivity contribution in [3.05, 3.63) is 34.9 Å². The van der Waals surface area contributed by atoms with Crippen molar-refractivity contribution in [2.45, 2.75) is 6.29 Å². The number of halogens is 2. The quantitative estimate of drug-likeness (QED) is 0.357. The van der Waals surface area contributed by atoms with Gasteiger partial charge in [-0.25, -0.2) is 14.6 Å². The molecule has 0 heterocycles. The third-order valence-electron chi connectivity index (χ3n) is 2.14. The predicted octanol–water partition coefficient (Wildman–Crippen LogP) is 0.860. The lowest BCUT2D eigenvalue weighted by Gasteiger charge is -2.15. The Kier molecular flexibility index (Phi) is 4.50. The van der Waals surface area contributed by atoms with Gasteiger partial charge in [0.15, 0.2) is 6.29 Å². The average Bonchev–Trinajstić information content (AvgIpc) is 2.32. The molecule has 0 bridgehead atoms. The summed E-state index contributed by atoms with van der Waals surface area (Å²) in [6, 6.07) is 1.71. The van der Waals surface area contributed by atoms with Gasteiger partial charge in [0.2, 0.25) is 0 Å². The zero-order valence-corrected chi connectivity index (χ0v) is 9.29. The van der Waals surface area contributed by atoms with E-state index in [4.69, 9.17) is 15.3 Å². The molecule has 0 atom stereocenters. The fourth-order valence-corrected chi connectivity index (χ4v) is 1.36. The molecule has 0 saturated carbocycles. The SMILES string of the molecule is COC(OC)c1c(F)cc(C(=O)NN)cc1F. The summed E-state index contributed by atoms with van der Waals surface area (Å²) < 4.78 is 36.7. The van der Waals surface area contributed by atoms with E-state index in [9.17, 15) is 13.6 Å². The van der Waals surface area contributed by atoms with E-state index in [1.165, 1.54) is 14.2 Å². The minimum absolute atomic E-state index is 0.225. The normalized spacial score (nSPS) is 10.7. The first-order chi connectivity index (χ1) is 8.04. The van der Waals surface area contributed by atoms with Crippen LogP contribution in [0.15, 0.2) is 12.1 Å². The number of methoxy groups -OCH3 is 2. The third kappa shape index (κ3) is 2.76. The summed E-state index contributed by atoms with van der Waals surface area (Å²) in [7, 11) is 2.49. The summed E-state index contributed by atoms with van der Waals surface area (Å²) in [6.45, 7) is 0. The van der Waals surface area contributed by atoms with E-state index < -0.39 is 29.4 Å². The lowest BCUT2D eigenvalue weighted by Crippen LogP contribution is -2.30. The molecule has 1 aromatic carbocycles. The van der Waals surface area contributed by atoms with Crippen LogP contribution < -0.4 is 11.3 Å². The maximum atomic E-state index is 13.6. The lowest BCUT2D eigenvalue weighted by atomic mass is 10.1. The fourth-order valence-electron chi connectivity index (χ4n) is 1.36. The summed E-state index contributed by atoms with van der Waals surface area (Å²) in [4.78, 5) is 11.1. The first-order valence-electron chi connectivity index (χ1n) is 4.60. The van der Waals surface area contributed by atoms with Gasteiger partial charge in [-0.3, -0.25) is 10.2 Å². The summed E-state index contributed by atoms with van der Waals surface area (Å²) in [6.07, 6.45) is -1.18. The van der Waals surface area contributed by atoms with Crippen LogP contribution in [0.4, 0.5) is 8.78 Å². The van der Waals surface area contributed by atoms with Crippen LogP contribution in [0, 0.1) is 11.6 Å². The van der Waals surface area contributed by atoms with Crippen LogP contribution in [0.25, 0.3) is 0 Å². The Labute approximate surface area is 96.5 Å². The summed E-state index contributed by atoms with van der Waals surface area (Å²) in [5, 5.41) is 0. The summed E-state index contributed by atoms with van der Waals surface area (Å²) in [5.74, 6) is 2.18. The third-order valence-corrected chi connectivity index (χ3v) is 2.14. The molecule has 0 saturated heterocycles. The number of benzene rings is 1. The molecule has 94 valence electrons. The maximum Gasteiger partial charge on any atom is 0.265 e. The highest BCUT2D eigenvalue weighted by molar-refractivity contribution is 5.93. The van der Waals surface area contributed by atoms with Crippen LogP contribution in [-0.2, 0) is 9.47 Å². The Morgan fingerprint density at radius 1 is 1.29 bits per heavy atom. The highest BCUT2D eigenvalue weighted by atomic mass is 19.1. The molecule has 1 amide bonds. The van der Waals surface area contributed by atoms with Crippen LogP contribution in [0.3, 0.4) is 0 Å². The molecule has 5 nitrogen and oxygen atoms in total. The van der Waals surface area contributed by atoms with E-state index in [2.05, 4.69) is 0 Å². The maximum absolute atomic E-state index is 13.6. The van der Waals surface area contributed by atoms with Crippen molar-refractivity contribution in [1.29, 1.82) is 0 Å². The van der Waals surface area contributed by atoms with Gasteiger partial charge >= 0.3 is 0 Å². The molecule has 0 aliphatic carbocycles. The number of hydrazine groups is 1. The standard InChI is InChI=1S/C10H12F2N2O3/c1-16-10(17-2)8-6(11)3-5(4-7(8)12)9(15)14-13/h3-4,10H,13H2,1-2H3,(H,14,15). The molecule has 0 aliphatic rings. The molecule has 0 aliphatic heterocycles. The highest BCUT2D eigenvalue weighted by Gasteiger charge is 2.22. The minimum Gasteiger partial charge on any atom is -0.351 e. The number of carbonyl (C=O) groups is 1.